The summed E-state index contributed by atoms with van der Waals surface area (Å²) in [4.78, 5) is 12.6. The third-order valence-corrected chi connectivity index (χ3v) is 6.22. The Morgan fingerprint density at radius 3 is 2.57 bits per heavy atom. The normalized spacial score (nSPS) is 22.7. The number of nitrogens with zero attached hydrogens (tertiary/aromatic N) is 1. The average molecular weight is 339 g/mol. The second kappa shape index (κ2) is 7.45. The number of rotatable bonds is 6. The molecule has 1 saturated heterocycles. The monoisotopic (exact) mass is 339 g/mol. The van der Waals surface area contributed by atoms with Crippen LogP contribution in [0.5, 0.6) is 0 Å². The van der Waals surface area contributed by atoms with E-state index in [0.29, 0.717) is 32.4 Å². The Balaban J connectivity index is 2.32. The highest BCUT2D eigenvalue weighted by Crippen LogP contribution is 2.36. The van der Waals surface area contributed by atoms with Gasteiger partial charge >= 0.3 is 5.97 Å². The van der Waals surface area contributed by atoms with Crippen molar-refractivity contribution in [3.8, 4) is 0 Å². The van der Waals surface area contributed by atoms with E-state index < -0.39 is 15.4 Å². The molecule has 0 amide bonds. The molecule has 6 heteroatoms. The van der Waals surface area contributed by atoms with Crippen LogP contribution >= 0.6 is 0 Å². The molecule has 1 aliphatic heterocycles. The van der Waals surface area contributed by atoms with Crippen LogP contribution in [0.1, 0.15) is 32.3 Å². The van der Waals surface area contributed by atoms with Gasteiger partial charge in [-0.2, -0.15) is 0 Å². The molecule has 0 spiro atoms. The summed E-state index contributed by atoms with van der Waals surface area (Å²) in [6, 6.07) is 9.72. The van der Waals surface area contributed by atoms with Crippen molar-refractivity contribution < 1.29 is 17.9 Å². The predicted octanol–water partition coefficient (Wildman–Crippen LogP) is 2.22. The zero-order chi connectivity index (χ0) is 16.9. The Morgan fingerprint density at radius 2 is 1.96 bits per heavy atom. The molecule has 0 aromatic heterocycles. The van der Waals surface area contributed by atoms with Crippen LogP contribution in [0.2, 0.25) is 0 Å². The highest BCUT2D eigenvalue weighted by Gasteiger charge is 2.45. The number of ether oxygens (including phenoxy) is 1. The lowest BCUT2D eigenvalue weighted by Gasteiger charge is -2.40. The summed E-state index contributed by atoms with van der Waals surface area (Å²) in [7, 11) is -3.31. The molecule has 5 nitrogen and oxygen atoms in total. The molecule has 0 radical (unpaired) electrons. The SMILES string of the molecule is CCOC(=O)[C@]1(Cc2ccccc2)CCCN(S(=O)(=O)CC)C1. The largest absolute Gasteiger partial charge is 0.466 e. The minimum absolute atomic E-state index is 0.0528. The molecule has 1 atom stereocenters. The van der Waals surface area contributed by atoms with Crippen molar-refractivity contribution in [3.05, 3.63) is 35.9 Å². The minimum atomic E-state index is -3.31. The Kier molecular flexibility index (Phi) is 5.81. The summed E-state index contributed by atoms with van der Waals surface area (Å²) in [5.41, 5.74) is 0.231. The Morgan fingerprint density at radius 1 is 1.26 bits per heavy atom. The molecular weight excluding hydrogens is 314 g/mol. The molecule has 1 aromatic carbocycles. The zero-order valence-electron chi connectivity index (χ0n) is 13.8. The van der Waals surface area contributed by atoms with Gasteiger partial charge in [-0.25, -0.2) is 12.7 Å². The number of carbonyl (C=O) groups excluding carboxylic acids is 1. The number of benzene rings is 1. The van der Waals surface area contributed by atoms with Crippen LogP contribution in [-0.2, 0) is 26.0 Å². The average Bonchev–Trinajstić information content (AvgIpc) is 2.56. The van der Waals surface area contributed by atoms with E-state index in [0.717, 1.165) is 5.56 Å². The van der Waals surface area contributed by atoms with Gasteiger partial charge in [-0.15, -0.1) is 0 Å². The van der Waals surface area contributed by atoms with Crippen LogP contribution in [0.3, 0.4) is 0 Å². The van der Waals surface area contributed by atoms with Gasteiger partial charge in [-0.05, 0) is 38.7 Å². The van der Waals surface area contributed by atoms with Crippen LogP contribution in [0, 0.1) is 5.41 Å². The number of hydrogen-bond donors (Lipinski definition) is 0. The lowest BCUT2D eigenvalue weighted by atomic mass is 9.75. The fourth-order valence-corrected chi connectivity index (χ4v) is 4.38. The number of esters is 1. The Labute approximate surface area is 138 Å². The highest BCUT2D eigenvalue weighted by atomic mass is 32.2. The van der Waals surface area contributed by atoms with Crippen LogP contribution in [0.4, 0.5) is 0 Å². The van der Waals surface area contributed by atoms with E-state index in [1.807, 2.05) is 30.3 Å². The molecule has 1 fully saturated rings. The quantitative estimate of drug-likeness (QED) is 0.746. The first-order valence-corrected chi connectivity index (χ1v) is 9.73. The molecule has 0 unspecified atom stereocenters. The summed E-state index contributed by atoms with van der Waals surface area (Å²) < 4.78 is 31.2. The first-order valence-electron chi connectivity index (χ1n) is 8.12. The minimum Gasteiger partial charge on any atom is -0.466 e. The molecule has 1 aliphatic rings. The van der Waals surface area contributed by atoms with Crippen molar-refractivity contribution in [1.82, 2.24) is 4.31 Å². The molecule has 128 valence electrons. The van der Waals surface area contributed by atoms with Crippen molar-refractivity contribution in [2.75, 3.05) is 25.4 Å². The third kappa shape index (κ3) is 4.12. The van der Waals surface area contributed by atoms with Gasteiger partial charge in [-0.3, -0.25) is 4.79 Å². The first kappa shape index (κ1) is 17.9. The van der Waals surface area contributed by atoms with E-state index in [9.17, 15) is 13.2 Å². The summed E-state index contributed by atoms with van der Waals surface area (Å²) in [6.07, 6.45) is 1.82. The Bertz CT molecular complexity index is 629. The summed E-state index contributed by atoms with van der Waals surface area (Å²) >= 11 is 0. The molecule has 1 heterocycles. The third-order valence-electron chi connectivity index (χ3n) is 4.39. The second-order valence-electron chi connectivity index (χ2n) is 6.00. The van der Waals surface area contributed by atoms with Crippen LogP contribution in [-0.4, -0.2) is 44.1 Å². The van der Waals surface area contributed by atoms with E-state index in [4.69, 9.17) is 4.74 Å². The zero-order valence-corrected chi connectivity index (χ0v) is 14.6. The van der Waals surface area contributed by atoms with E-state index in [1.165, 1.54) is 4.31 Å². The Hall–Kier alpha value is -1.40. The van der Waals surface area contributed by atoms with Gasteiger partial charge < -0.3 is 4.74 Å². The summed E-state index contributed by atoms with van der Waals surface area (Å²) in [5, 5.41) is 0. The van der Waals surface area contributed by atoms with E-state index in [-0.39, 0.29) is 18.3 Å². The number of hydrogen-bond acceptors (Lipinski definition) is 4. The maximum Gasteiger partial charge on any atom is 0.313 e. The fourth-order valence-electron chi connectivity index (χ4n) is 3.16. The molecule has 0 saturated carbocycles. The van der Waals surface area contributed by atoms with Gasteiger partial charge in [0.05, 0.1) is 17.8 Å². The number of carbonyl (C=O) groups is 1. The second-order valence-corrected chi connectivity index (χ2v) is 8.26. The van der Waals surface area contributed by atoms with Gasteiger partial charge in [0.2, 0.25) is 10.0 Å². The van der Waals surface area contributed by atoms with Gasteiger partial charge in [-0.1, -0.05) is 30.3 Å². The maximum atomic E-state index is 12.6. The maximum absolute atomic E-state index is 12.6. The van der Waals surface area contributed by atoms with Crippen molar-refractivity contribution >= 4 is 16.0 Å². The molecule has 1 aromatic rings. The van der Waals surface area contributed by atoms with Gasteiger partial charge in [0.15, 0.2) is 0 Å². The van der Waals surface area contributed by atoms with Crippen molar-refractivity contribution in [1.29, 1.82) is 0 Å². The predicted molar refractivity (Wildman–Crippen MR) is 89.5 cm³/mol. The van der Waals surface area contributed by atoms with E-state index in [1.54, 1.807) is 13.8 Å². The lowest BCUT2D eigenvalue weighted by molar-refractivity contribution is -0.157. The standard InChI is InChI=1S/C17H25NO4S/c1-3-22-16(19)17(13-15-9-6-5-7-10-15)11-8-12-18(14-17)23(20,21)4-2/h5-7,9-10H,3-4,8,11-14H2,1-2H3/t17-/m0/s1. The number of sulfonamides is 1. The van der Waals surface area contributed by atoms with E-state index in [2.05, 4.69) is 0 Å². The van der Waals surface area contributed by atoms with Crippen LogP contribution in [0.25, 0.3) is 0 Å². The van der Waals surface area contributed by atoms with Crippen molar-refractivity contribution in [2.24, 2.45) is 5.41 Å². The molecule has 0 bridgehead atoms. The smallest absolute Gasteiger partial charge is 0.313 e. The van der Waals surface area contributed by atoms with Gasteiger partial charge in [0.1, 0.15) is 0 Å². The summed E-state index contributed by atoms with van der Waals surface area (Å²) in [6.45, 7) is 4.39. The highest BCUT2D eigenvalue weighted by molar-refractivity contribution is 7.89. The van der Waals surface area contributed by atoms with Crippen LogP contribution < -0.4 is 0 Å². The van der Waals surface area contributed by atoms with Crippen molar-refractivity contribution in [2.45, 2.75) is 33.1 Å². The fraction of sp³-hybridized carbons (Fsp3) is 0.588. The van der Waals surface area contributed by atoms with Gasteiger partial charge in [0, 0.05) is 13.1 Å². The molecule has 0 aliphatic carbocycles. The summed E-state index contributed by atoms with van der Waals surface area (Å²) in [5.74, 6) is -0.239. The molecular formula is C17H25NO4S. The van der Waals surface area contributed by atoms with E-state index >= 15 is 0 Å². The van der Waals surface area contributed by atoms with Gasteiger partial charge in [0.25, 0.3) is 0 Å². The first-order chi connectivity index (χ1) is 10.9. The lowest BCUT2D eigenvalue weighted by Crippen LogP contribution is -2.51. The topological polar surface area (TPSA) is 63.7 Å². The van der Waals surface area contributed by atoms with Crippen LogP contribution in [0.15, 0.2) is 30.3 Å². The molecule has 23 heavy (non-hydrogen) atoms. The molecule has 2 rings (SSSR count). The number of piperidine rings is 1. The molecule has 0 N–H and O–H groups in total. The van der Waals surface area contributed by atoms with Crippen molar-refractivity contribution in [3.63, 3.8) is 0 Å².